The lowest BCUT2D eigenvalue weighted by Crippen LogP contribution is -2.40. The summed E-state index contributed by atoms with van der Waals surface area (Å²) in [4.78, 5) is 92.7. The summed E-state index contributed by atoms with van der Waals surface area (Å²) in [6.07, 6.45) is 32.0. The second kappa shape index (κ2) is 51.3. The Labute approximate surface area is 652 Å². The van der Waals surface area contributed by atoms with E-state index in [2.05, 4.69) is 27.7 Å². The van der Waals surface area contributed by atoms with Crippen LogP contribution in [0.4, 0.5) is 0 Å². The Morgan fingerprint density at radius 2 is 0.509 bits per heavy atom. The van der Waals surface area contributed by atoms with Crippen molar-refractivity contribution in [2.75, 3.05) is 0 Å². The van der Waals surface area contributed by atoms with E-state index in [0.29, 0.717) is 0 Å². The third kappa shape index (κ3) is 45.8. The molecule has 0 spiro atoms. The van der Waals surface area contributed by atoms with Gasteiger partial charge in [0.25, 0.3) is 0 Å². The van der Waals surface area contributed by atoms with Crippen molar-refractivity contribution in [1.29, 1.82) is 0 Å². The van der Waals surface area contributed by atoms with Crippen molar-refractivity contribution in [3.05, 3.63) is 0 Å². The summed E-state index contributed by atoms with van der Waals surface area (Å²) in [6, 6.07) is 0. The van der Waals surface area contributed by atoms with Gasteiger partial charge >= 0.3 is 47.8 Å². The average molecular weight is 1510 g/mol. The van der Waals surface area contributed by atoms with Gasteiger partial charge in [0.05, 0.1) is 45.8 Å². The molecule has 4 aliphatic rings. The van der Waals surface area contributed by atoms with Crippen molar-refractivity contribution >= 4 is 47.8 Å². The highest BCUT2D eigenvalue weighted by molar-refractivity contribution is 5.78. The lowest BCUT2D eigenvalue weighted by atomic mass is 9.82. The molecule has 5 unspecified atom stereocenters. The van der Waals surface area contributed by atoms with Crippen LogP contribution in [0.2, 0.25) is 0 Å². The van der Waals surface area contributed by atoms with Crippen LogP contribution >= 0.6 is 0 Å². The first kappa shape index (κ1) is 108. The van der Waals surface area contributed by atoms with E-state index in [4.69, 9.17) is 37.9 Å². The van der Waals surface area contributed by atoms with Crippen molar-refractivity contribution in [3.63, 3.8) is 0 Å². The van der Waals surface area contributed by atoms with E-state index in [-0.39, 0.29) is 138 Å². The number of esters is 8. The van der Waals surface area contributed by atoms with Gasteiger partial charge in [0.1, 0.15) is 44.8 Å². The Balaban J connectivity index is -0.000000562. The molecular weight excluding hydrogens is 1340 g/mol. The number of rotatable bonds is 27. The normalized spacial score (nSPS) is 18.0. The van der Waals surface area contributed by atoms with Crippen molar-refractivity contribution in [3.8, 4) is 0 Å². The summed E-state index contributed by atoms with van der Waals surface area (Å²) in [7, 11) is 0. The van der Waals surface area contributed by atoms with Gasteiger partial charge in [-0.3, -0.25) is 38.4 Å². The summed E-state index contributed by atoms with van der Waals surface area (Å²) in [5.41, 5.74) is -2.94. The highest BCUT2D eigenvalue weighted by atomic mass is 16.6. The molecule has 0 amide bonds. The maximum absolute atomic E-state index is 12.1. The molecule has 0 aromatic heterocycles. The zero-order chi connectivity index (χ0) is 83.6. The van der Waals surface area contributed by atoms with Crippen LogP contribution in [0, 0.1) is 45.8 Å². The number of carbonyl (C=O) groups is 8. The smallest absolute Gasteiger partial charge is 0.312 e. The van der Waals surface area contributed by atoms with E-state index in [1.54, 1.807) is 0 Å². The van der Waals surface area contributed by atoms with E-state index in [0.717, 1.165) is 135 Å². The summed E-state index contributed by atoms with van der Waals surface area (Å²) >= 11 is 0. The van der Waals surface area contributed by atoms with Gasteiger partial charge in [-0.25, -0.2) is 0 Å². The van der Waals surface area contributed by atoms with E-state index in [1.165, 1.54) is 64.2 Å². The lowest BCUT2D eigenvalue weighted by molar-refractivity contribution is -0.175. The van der Waals surface area contributed by atoms with Gasteiger partial charge in [-0.05, 0) is 304 Å². The van der Waals surface area contributed by atoms with Gasteiger partial charge < -0.3 is 37.9 Å². The minimum absolute atomic E-state index is 0.00116. The third-order valence-electron chi connectivity index (χ3n) is 22.6. The SMILES string of the molecule is CCC(C)(C)C(=O)OC(C)(C)C.CCC(C)(C)OC(=O)C(C)(C)CC.CCC(C)C(=O)OC(C)(C)C.CCC(C)C(=O)OC(C)(C)CC.CCC(C)C(=O)OC1(C)CCCC1.CCC(C)C(=O)OC1(CC)CCCC1.CCC(C)C(=O)OC1(CC)CCCCC1.CCC1(OC(=O)C(C)(C)CC)CCCCC1. The van der Waals surface area contributed by atoms with Gasteiger partial charge in [0, 0.05) is 0 Å². The number of ether oxygens (including phenoxy) is 8. The minimum atomic E-state index is -0.372. The van der Waals surface area contributed by atoms with Crippen LogP contribution in [0.5, 0.6) is 0 Å². The van der Waals surface area contributed by atoms with E-state index in [9.17, 15) is 38.4 Å². The molecule has 4 fully saturated rings. The Morgan fingerprint density at radius 1 is 0.274 bits per heavy atom. The molecule has 0 saturated heterocycles. The van der Waals surface area contributed by atoms with Crippen LogP contribution < -0.4 is 0 Å². The number of hydrogen-bond donors (Lipinski definition) is 0. The Bertz CT molecular complexity index is 2450. The molecule has 0 radical (unpaired) electrons. The summed E-state index contributed by atoms with van der Waals surface area (Å²) in [5, 5.41) is 0. The Morgan fingerprint density at radius 3 is 0.783 bits per heavy atom. The molecule has 628 valence electrons. The minimum Gasteiger partial charge on any atom is -0.460 e. The molecule has 0 N–H and O–H groups in total. The molecule has 0 aromatic rings. The van der Waals surface area contributed by atoms with Crippen molar-refractivity contribution < 1.29 is 76.3 Å². The first-order chi connectivity index (χ1) is 48.5. The zero-order valence-corrected chi connectivity index (χ0v) is 75.8. The van der Waals surface area contributed by atoms with Crippen molar-refractivity contribution in [2.45, 2.75) is 486 Å². The Kier molecular flexibility index (Phi) is 52.4. The van der Waals surface area contributed by atoms with Gasteiger partial charge in [0.2, 0.25) is 0 Å². The molecule has 5 atom stereocenters. The van der Waals surface area contributed by atoms with Crippen LogP contribution in [-0.4, -0.2) is 92.6 Å². The van der Waals surface area contributed by atoms with E-state index < -0.39 is 0 Å². The number of hydrogen-bond acceptors (Lipinski definition) is 16. The fourth-order valence-electron chi connectivity index (χ4n) is 10.5. The quantitative estimate of drug-likeness (QED) is 0.0553. The predicted molar refractivity (Wildman–Crippen MR) is 437 cm³/mol. The van der Waals surface area contributed by atoms with Gasteiger partial charge in [-0.2, -0.15) is 0 Å². The maximum atomic E-state index is 12.1. The largest absolute Gasteiger partial charge is 0.460 e. The van der Waals surface area contributed by atoms with Crippen LogP contribution in [0.3, 0.4) is 0 Å². The first-order valence-electron chi connectivity index (χ1n) is 42.4. The molecule has 4 aliphatic carbocycles. The van der Waals surface area contributed by atoms with E-state index in [1.807, 2.05) is 215 Å². The molecule has 4 saturated carbocycles. The molecule has 0 aromatic carbocycles. The standard InChI is InChI=1S/C14H26O2.C13H24O2.C12H22O2.C11H20O2.C11H22O2.2C10H20O2.C9H18O2/c1-5-13(3,4)12(15)16-14(6-2)10-8-7-9-11-14;1-4-11(3)12(14)15-13(5-2)9-7-6-8-10-13;1-4-10(3)11(13)14-12(5-2)8-6-7-9-12;1-4-9(2)10(12)13-11(3)7-5-6-8-11;1-7-10(3,4)9(12)13-11(5,6)8-2;1-7-10(5,6)8(11)12-9(2,3)4;1-6-8(3)9(11)12-10(4,5)7-2;1-6-7(2)8(10)11-9(3,4)5/h5-11H2,1-4H3;11H,4-10H2,1-3H3;10H,4-9H2,1-3H3;9H,4-8H2,1-3H3;7-8H2,1-6H3;7H2,1-6H3;8H,6-7H2,1-5H3;7H,6H2,1-5H3. The maximum Gasteiger partial charge on any atom is 0.312 e. The van der Waals surface area contributed by atoms with Gasteiger partial charge in [-0.15, -0.1) is 0 Å². The highest BCUT2D eigenvalue weighted by Crippen LogP contribution is 2.40. The molecule has 0 bridgehead atoms. The second-order valence-electron chi connectivity index (χ2n) is 36.6. The summed E-state index contributed by atoms with van der Waals surface area (Å²) in [6.45, 7) is 68.8. The lowest BCUT2D eigenvalue weighted by Gasteiger charge is -2.38. The highest BCUT2D eigenvalue weighted by Gasteiger charge is 2.41. The molecule has 16 heteroatoms. The number of carbonyl (C=O) groups excluding carboxylic acids is 8. The first-order valence-corrected chi connectivity index (χ1v) is 42.4. The monoisotopic (exact) mass is 1510 g/mol. The van der Waals surface area contributed by atoms with Crippen molar-refractivity contribution in [1.82, 2.24) is 0 Å². The molecule has 0 aliphatic heterocycles. The van der Waals surface area contributed by atoms with Crippen LogP contribution in [0.25, 0.3) is 0 Å². The van der Waals surface area contributed by atoms with Crippen LogP contribution in [-0.2, 0) is 76.3 Å². The molecular formula is C90H172O16. The molecule has 4 rings (SSSR count). The average Bonchev–Trinajstić information content (AvgIpc) is 1.63. The van der Waals surface area contributed by atoms with Crippen LogP contribution in [0.1, 0.15) is 441 Å². The van der Waals surface area contributed by atoms with Crippen molar-refractivity contribution in [2.24, 2.45) is 45.8 Å². The fourth-order valence-corrected chi connectivity index (χ4v) is 10.5. The fraction of sp³-hybridized carbons (Fsp3) is 0.911. The predicted octanol–water partition coefficient (Wildman–Crippen LogP) is 25.0. The topological polar surface area (TPSA) is 210 Å². The molecule has 16 nitrogen and oxygen atoms in total. The van der Waals surface area contributed by atoms with Crippen LogP contribution in [0.15, 0.2) is 0 Å². The van der Waals surface area contributed by atoms with E-state index >= 15 is 0 Å². The van der Waals surface area contributed by atoms with Gasteiger partial charge in [0.15, 0.2) is 0 Å². The zero-order valence-electron chi connectivity index (χ0n) is 75.8. The molecule has 106 heavy (non-hydrogen) atoms. The summed E-state index contributed by atoms with van der Waals surface area (Å²) < 4.78 is 43.9. The molecule has 0 heterocycles. The second-order valence-corrected chi connectivity index (χ2v) is 36.6. The van der Waals surface area contributed by atoms with Gasteiger partial charge in [-0.1, -0.05) is 137 Å². The summed E-state index contributed by atoms with van der Waals surface area (Å²) in [5.74, 6) is -0.219. The third-order valence-corrected chi connectivity index (χ3v) is 22.6. The Hall–Kier alpha value is -4.24.